The van der Waals surface area contributed by atoms with E-state index < -0.39 is 5.97 Å². The van der Waals surface area contributed by atoms with Crippen LogP contribution in [0.25, 0.3) is 0 Å². The zero-order chi connectivity index (χ0) is 18.7. The predicted octanol–water partition coefficient (Wildman–Crippen LogP) is 2.64. The zero-order valence-electron chi connectivity index (χ0n) is 15.9. The molecule has 0 spiro atoms. The summed E-state index contributed by atoms with van der Waals surface area (Å²) in [6.07, 6.45) is 4.73. The summed E-state index contributed by atoms with van der Waals surface area (Å²) in [5.74, 6) is 1.02. The fraction of sp³-hybridized carbons (Fsp3) is 0.737. The van der Waals surface area contributed by atoms with Crippen molar-refractivity contribution in [2.45, 2.75) is 52.2 Å². The molecule has 2 fully saturated rings. The van der Waals surface area contributed by atoms with E-state index in [0.717, 1.165) is 31.8 Å². The van der Waals surface area contributed by atoms with E-state index in [1.54, 1.807) is 6.20 Å². The van der Waals surface area contributed by atoms with Crippen LogP contribution in [-0.4, -0.2) is 52.9 Å². The normalized spacial score (nSPS) is 29.6. The first-order valence-corrected chi connectivity index (χ1v) is 9.63. The van der Waals surface area contributed by atoms with Crippen molar-refractivity contribution in [3.05, 3.63) is 12.3 Å². The molecule has 2 saturated heterocycles. The first kappa shape index (κ1) is 18.9. The number of aromatic nitrogens is 2. The van der Waals surface area contributed by atoms with Gasteiger partial charge < -0.3 is 20.1 Å². The smallest absolute Gasteiger partial charge is 0.308 e. The lowest BCUT2D eigenvalue weighted by Crippen LogP contribution is -2.44. The third kappa shape index (κ3) is 4.44. The molecule has 0 amide bonds. The molecule has 2 aliphatic heterocycles. The molecule has 0 aromatic carbocycles. The number of carboxylic acids is 1. The van der Waals surface area contributed by atoms with Gasteiger partial charge in [0.05, 0.1) is 18.1 Å². The maximum atomic E-state index is 11.4. The summed E-state index contributed by atoms with van der Waals surface area (Å²) < 4.78 is 5.94. The molecule has 2 aliphatic rings. The third-order valence-electron chi connectivity index (χ3n) is 5.29. The van der Waals surface area contributed by atoms with Crippen LogP contribution in [-0.2, 0) is 9.53 Å². The van der Waals surface area contributed by atoms with Crippen molar-refractivity contribution < 1.29 is 14.6 Å². The zero-order valence-corrected chi connectivity index (χ0v) is 15.9. The van der Waals surface area contributed by atoms with E-state index in [1.165, 1.54) is 0 Å². The number of hydrogen-bond acceptors (Lipinski definition) is 6. The summed E-state index contributed by atoms with van der Waals surface area (Å²) in [5.41, 5.74) is 0. The van der Waals surface area contributed by atoms with Gasteiger partial charge in [-0.05, 0) is 37.2 Å². The Hall–Kier alpha value is -1.89. The van der Waals surface area contributed by atoms with Crippen LogP contribution in [0.1, 0.15) is 40.0 Å². The Morgan fingerprint density at radius 1 is 1.42 bits per heavy atom. The fourth-order valence-electron chi connectivity index (χ4n) is 4.08. The predicted molar refractivity (Wildman–Crippen MR) is 100 cm³/mol. The Morgan fingerprint density at radius 2 is 2.23 bits per heavy atom. The second kappa shape index (κ2) is 8.20. The van der Waals surface area contributed by atoms with Crippen molar-refractivity contribution in [3.63, 3.8) is 0 Å². The number of rotatable bonds is 5. The summed E-state index contributed by atoms with van der Waals surface area (Å²) in [6.45, 7) is 8.50. The fourth-order valence-corrected chi connectivity index (χ4v) is 4.08. The summed E-state index contributed by atoms with van der Waals surface area (Å²) in [5, 5.41) is 12.9. The number of anilines is 2. The van der Waals surface area contributed by atoms with Gasteiger partial charge in [0.25, 0.3) is 0 Å². The van der Waals surface area contributed by atoms with Crippen LogP contribution >= 0.6 is 0 Å². The number of aliphatic carboxylic acids is 1. The minimum atomic E-state index is -0.741. The van der Waals surface area contributed by atoms with Crippen LogP contribution in [0.2, 0.25) is 0 Å². The SMILES string of the molecule is CC1CC(C(=O)O)CN(c2nccc(NC3CCCOC3C(C)C)n2)C1. The largest absolute Gasteiger partial charge is 0.481 e. The van der Waals surface area contributed by atoms with E-state index >= 15 is 0 Å². The molecule has 7 heteroatoms. The second-order valence-corrected chi connectivity index (χ2v) is 8.00. The Balaban J connectivity index is 1.72. The molecule has 0 radical (unpaired) electrons. The molecule has 144 valence electrons. The van der Waals surface area contributed by atoms with Crippen LogP contribution in [0.5, 0.6) is 0 Å². The van der Waals surface area contributed by atoms with Crippen molar-refractivity contribution in [2.75, 3.05) is 29.9 Å². The van der Waals surface area contributed by atoms with Crippen molar-refractivity contribution in [1.29, 1.82) is 0 Å². The van der Waals surface area contributed by atoms with Gasteiger partial charge in [-0.15, -0.1) is 0 Å². The average molecular weight is 362 g/mol. The Kier molecular flexibility index (Phi) is 5.96. The lowest BCUT2D eigenvalue weighted by atomic mass is 9.91. The van der Waals surface area contributed by atoms with Crippen molar-refractivity contribution in [1.82, 2.24) is 9.97 Å². The summed E-state index contributed by atoms with van der Waals surface area (Å²) in [4.78, 5) is 22.5. The van der Waals surface area contributed by atoms with Crippen molar-refractivity contribution >= 4 is 17.7 Å². The van der Waals surface area contributed by atoms with Crippen LogP contribution in [0.4, 0.5) is 11.8 Å². The Morgan fingerprint density at radius 3 is 2.96 bits per heavy atom. The number of nitrogens with one attached hydrogen (secondary N) is 1. The van der Waals surface area contributed by atoms with Gasteiger partial charge in [-0.3, -0.25) is 4.79 Å². The van der Waals surface area contributed by atoms with Gasteiger partial charge in [-0.2, -0.15) is 4.98 Å². The number of carbonyl (C=O) groups is 1. The first-order chi connectivity index (χ1) is 12.4. The monoisotopic (exact) mass is 362 g/mol. The van der Waals surface area contributed by atoms with Crippen molar-refractivity contribution in [3.8, 4) is 0 Å². The van der Waals surface area contributed by atoms with Crippen LogP contribution < -0.4 is 10.2 Å². The van der Waals surface area contributed by atoms with E-state index in [4.69, 9.17) is 4.74 Å². The highest BCUT2D eigenvalue weighted by Crippen LogP contribution is 2.27. The molecule has 2 N–H and O–H groups in total. The molecule has 1 aromatic rings. The van der Waals surface area contributed by atoms with Crippen LogP contribution in [0.15, 0.2) is 12.3 Å². The molecule has 7 nitrogen and oxygen atoms in total. The molecule has 4 atom stereocenters. The van der Waals surface area contributed by atoms with Gasteiger partial charge in [-0.25, -0.2) is 4.98 Å². The van der Waals surface area contributed by atoms with E-state index in [-0.39, 0.29) is 18.1 Å². The maximum absolute atomic E-state index is 11.4. The molecule has 4 unspecified atom stereocenters. The summed E-state index contributed by atoms with van der Waals surface area (Å²) in [6, 6.07) is 2.11. The molecule has 0 bridgehead atoms. The molecular formula is C19H30N4O3. The molecule has 0 saturated carbocycles. The lowest BCUT2D eigenvalue weighted by molar-refractivity contribution is -0.142. The van der Waals surface area contributed by atoms with Gasteiger partial charge in [0.15, 0.2) is 0 Å². The maximum Gasteiger partial charge on any atom is 0.308 e. The third-order valence-corrected chi connectivity index (χ3v) is 5.29. The summed E-state index contributed by atoms with van der Waals surface area (Å²) >= 11 is 0. The van der Waals surface area contributed by atoms with Crippen LogP contribution in [0, 0.1) is 17.8 Å². The minimum absolute atomic E-state index is 0.175. The minimum Gasteiger partial charge on any atom is -0.481 e. The van der Waals surface area contributed by atoms with Gasteiger partial charge in [-0.1, -0.05) is 20.8 Å². The number of hydrogen-bond donors (Lipinski definition) is 2. The molecule has 3 heterocycles. The lowest BCUT2D eigenvalue weighted by Gasteiger charge is -2.36. The molecular weight excluding hydrogens is 332 g/mol. The number of ether oxygens (including phenoxy) is 1. The molecule has 0 aliphatic carbocycles. The second-order valence-electron chi connectivity index (χ2n) is 8.00. The van der Waals surface area contributed by atoms with Gasteiger partial charge >= 0.3 is 5.97 Å². The number of carboxylic acid groups (broad SMARTS) is 1. The van der Waals surface area contributed by atoms with Gasteiger partial charge in [0.1, 0.15) is 5.82 Å². The van der Waals surface area contributed by atoms with E-state index in [0.29, 0.717) is 30.7 Å². The topological polar surface area (TPSA) is 87.6 Å². The van der Waals surface area contributed by atoms with E-state index in [9.17, 15) is 9.90 Å². The Bertz CT molecular complexity index is 625. The highest BCUT2D eigenvalue weighted by atomic mass is 16.5. The van der Waals surface area contributed by atoms with Gasteiger partial charge in [0, 0.05) is 25.9 Å². The standard InChI is InChI=1S/C19H30N4O3/c1-12(2)17-15(5-4-8-26-17)21-16-6-7-20-19(22-16)23-10-13(3)9-14(11-23)18(24)25/h6-7,12-15,17H,4-5,8-11H2,1-3H3,(H,24,25)(H,20,21,22). The highest BCUT2D eigenvalue weighted by Gasteiger charge is 2.31. The Labute approximate surface area is 155 Å². The number of piperidine rings is 1. The van der Waals surface area contributed by atoms with E-state index in [1.807, 2.05) is 11.0 Å². The molecule has 1 aromatic heterocycles. The molecule has 26 heavy (non-hydrogen) atoms. The molecule has 3 rings (SSSR count). The van der Waals surface area contributed by atoms with Gasteiger partial charge in [0.2, 0.25) is 5.95 Å². The highest BCUT2D eigenvalue weighted by molar-refractivity contribution is 5.71. The van der Waals surface area contributed by atoms with E-state index in [2.05, 4.69) is 36.1 Å². The summed E-state index contributed by atoms with van der Waals surface area (Å²) in [7, 11) is 0. The quantitative estimate of drug-likeness (QED) is 0.832. The van der Waals surface area contributed by atoms with Crippen molar-refractivity contribution in [2.24, 2.45) is 17.8 Å². The first-order valence-electron chi connectivity index (χ1n) is 9.63. The van der Waals surface area contributed by atoms with Crippen LogP contribution in [0.3, 0.4) is 0 Å². The number of nitrogens with zero attached hydrogens (tertiary/aromatic N) is 3. The average Bonchev–Trinajstić information content (AvgIpc) is 2.61.